The Morgan fingerprint density at radius 3 is 2.50 bits per heavy atom. The lowest BCUT2D eigenvalue weighted by Crippen LogP contribution is -2.30. The van der Waals surface area contributed by atoms with Gasteiger partial charge >= 0.3 is 0 Å². The molecule has 6 nitrogen and oxygen atoms in total. The molecule has 0 saturated carbocycles. The van der Waals surface area contributed by atoms with E-state index in [0.29, 0.717) is 11.3 Å². The molecular formula is C18H20N2O4. The minimum Gasteiger partial charge on any atom is -0.496 e. The molecule has 24 heavy (non-hydrogen) atoms. The van der Waals surface area contributed by atoms with Gasteiger partial charge in [0.1, 0.15) is 11.3 Å². The van der Waals surface area contributed by atoms with E-state index in [4.69, 9.17) is 4.74 Å². The molecule has 0 spiro atoms. The third-order valence-electron chi connectivity index (χ3n) is 4.14. The summed E-state index contributed by atoms with van der Waals surface area (Å²) in [7, 11) is 3.20. The molecule has 0 unspecified atom stereocenters. The second kappa shape index (κ2) is 7.12. The number of nitro groups is 1. The Morgan fingerprint density at radius 1 is 1.21 bits per heavy atom. The van der Waals surface area contributed by atoms with Crippen molar-refractivity contribution in [3.63, 3.8) is 0 Å². The van der Waals surface area contributed by atoms with E-state index in [2.05, 4.69) is 0 Å². The third-order valence-corrected chi connectivity index (χ3v) is 4.14. The highest BCUT2D eigenvalue weighted by atomic mass is 16.6. The average molecular weight is 328 g/mol. The molecule has 0 radical (unpaired) electrons. The molecule has 2 aromatic rings. The number of hydrogen-bond acceptors (Lipinski definition) is 4. The van der Waals surface area contributed by atoms with Gasteiger partial charge in [0.15, 0.2) is 0 Å². The summed E-state index contributed by atoms with van der Waals surface area (Å²) in [4.78, 5) is 25.1. The third kappa shape index (κ3) is 3.22. The fourth-order valence-corrected chi connectivity index (χ4v) is 2.66. The predicted molar refractivity (Wildman–Crippen MR) is 91.3 cm³/mol. The van der Waals surface area contributed by atoms with E-state index in [1.165, 1.54) is 11.0 Å². The number of para-hydroxylation sites is 2. The normalized spacial score (nSPS) is 11.7. The number of carbonyl (C=O) groups excluding carboxylic acids is 1. The van der Waals surface area contributed by atoms with Crippen LogP contribution >= 0.6 is 0 Å². The van der Waals surface area contributed by atoms with Crippen molar-refractivity contribution < 1.29 is 14.5 Å². The van der Waals surface area contributed by atoms with Gasteiger partial charge in [-0.3, -0.25) is 14.9 Å². The maximum atomic E-state index is 12.8. The van der Waals surface area contributed by atoms with Gasteiger partial charge in [-0.15, -0.1) is 0 Å². The van der Waals surface area contributed by atoms with Crippen molar-refractivity contribution >= 4 is 11.6 Å². The summed E-state index contributed by atoms with van der Waals surface area (Å²) >= 11 is 0. The second-order valence-electron chi connectivity index (χ2n) is 5.56. The molecule has 0 aliphatic rings. The van der Waals surface area contributed by atoms with Crippen LogP contribution in [0.25, 0.3) is 0 Å². The molecule has 0 bridgehead atoms. The van der Waals surface area contributed by atoms with Crippen LogP contribution in [0.15, 0.2) is 42.5 Å². The standard InChI is InChI=1S/C18H20N2O4/c1-12-8-7-10-15(17(12)20(22)23)18(21)19(3)13(2)14-9-5-6-11-16(14)24-4/h5-11,13H,1-4H3/t13-/m1/s1. The monoisotopic (exact) mass is 328 g/mol. The summed E-state index contributed by atoms with van der Waals surface area (Å²) < 4.78 is 5.34. The zero-order valence-electron chi connectivity index (χ0n) is 14.1. The fraction of sp³-hybridized carbons (Fsp3) is 0.278. The molecular weight excluding hydrogens is 308 g/mol. The molecule has 1 atom stereocenters. The van der Waals surface area contributed by atoms with E-state index >= 15 is 0 Å². The van der Waals surface area contributed by atoms with E-state index < -0.39 is 10.8 Å². The number of amides is 1. The van der Waals surface area contributed by atoms with Gasteiger partial charge in [0.05, 0.1) is 18.1 Å². The summed E-state index contributed by atoms with van der Waals surface area (Å²) in [5.41, 5.74) is 1.24. The van der Waals surface area contributed by atoms with Gasteiger partial charge in [-0.05, 0) is 26.0 Å². The highest BCUT2D eigenvalue weighted by Crippen LogP contribution is 2.31. The van der Waals surface area contributed by atoms with E-state index in [0.717, 1.165) is 5.56 Å². The Labute approximate surface area is 140 Å². The Hall–Kier alpha value is -2.89. The topological polar surface area (TPSA) is 72.7 Å². The molecule has 0 N–H and O–H groups in total. The minimum absolute atomic E-state index is 0.0873. The zero-order valence-corrected chi connectivity index (χ0v) is 14.1. The molecule has 126 valence electrons. The molecule has 0 aromatic heterocycles. The predicted octanol–water partition coefficient (Wildman–Crippen LogP) is 3.75. The number of aryl methyl sites for hydroxylation is 1. The van der Waals surface area contributed by atoms with Gasteiger partial charge in [-0.25, -0.2) is 0 Å². The molecule has 6 heteroatoms. The first kappa shape index (κ1) is 17.5. The molecule has 0 saturated heterocycles. The van der Waals surface area contributed by atoms with Crippen molar-refractivity contribution in [2.24, 2.45) is 0 Å². The number of methoxy groups -OCH3 is 1. The van der Waals surface area contributed by atoms with Crippen molar-refractivity contribution in [2.45, 2.75) is 19.9 Å². The van der Waals surface area contributed by atoms with Crippen LogP contribution in [-0.4, -0.2) is 29.9 Å². The first-order valence-corrected chi connectivity index (χ1v) is 7.52. The van der Waals surface area contributed by atoms with Crippen LogP contribution in [0.2, 0.25) is 0 Å². The van der Waals surface area contributed by atoms with Gasteiger partial charge in [-0.1, -0.05) is 30.3 Å². The van der Waals surface area contributed by atoms with Gasteiger partial charge in [0.25, 0.3) is 11.6 Å². The van der Waals surface area contributed by atoms with Crippen LogP contribution in [0.5, 0.6) is 5.75 Å². The minimum atomic E-state index is -0.510. The molecule has 1 amide bonds. The van der Waals surface area contributed by atoms with Crippen LogP contribution in [-0.2, 0) is 0 Å². The second-order valence-corrected chi connectivity index (χ2v) is 5.56. The van der Waals surface area contributed by atoms with Gasteiger partial charge in [0.2, 0.25) is 0 Å². The summed E-state index contributed by atoms with van der Waals surface area (Å²) in [6.07, 6.45) is 0. The lowest BCUT2D eigenvalue weighted by Gasteiger charge is -2.26. The Balaban J connectivity index is 2.40. The summed E-state index contributed by atoms with van der Waals surface area (Å²) in [5, 5.41) is 11.3. The smallest absolute Gasteiger partial charge is 0.285 e. The van der Waals surface area contributed by atoms with Crippen LogP contribution in [0.4, 0.5) is 5.69 Å². The molecule has 2 rings (SSSR count). The van der Waals surface area contributed by atoms with Crippen molar-refractivity contribution in [2.75, 3.05) is 14.2 Å². The van der Waals surface area contributed by atoms with E-state index in [9.17, 15) is 14.9 Å². The van der Waals surface area contributed by atoms with E-state index in [1.807, 2.05) is 31.2 Å². The lowest BCUT2D eigenvalue weighted by molar-refractivity contribution is -0.385. The maximum absolute atomic E-state index is 12.8. The number of benzene rings is 2. The molecule has 0 fully saturated rings. The zero-order chi connectivity index (χ0) is 17.9. The van der Waals surface area contributed by atoms with E-state index in [-0.39, 0.29) is 17.3 Å². The highest BCUT2D eigenvalue weighted by molar-refractivity contribution is 5.98. The number of hydrogen-bond donors (Lipinski definition) is 0. The van der Waals surface area contributed by atoms with Gasteiger partial charge in [-0.2, -0.15) is 0 Å². The first-order chi connectivity index (χ1) is 11.4. The molecule has 0 aliphatic carbocycles. The van der Waals surface area contributed by atoms with Crippen molar-refractivity contribution in [1.82, 2.24) is 4.90 Å². The Morgan fingerprint density at radius 2 is 1.88 bits per heavy atom. The Kier molecular flexibility index (Phi) is 5.18. The van der Waals surface area contributed by atoms with Crippen LogP contribution in [0.3, 0.4) is 0 Å². The highest BCUT2D eigenvalue weighted by Gasteiger charge is 2.28. The number of nitrogens with zero attached hydrogens (tertiary/aromatic N) is 2. The molecule has 0 aliphatic heterocycles. The largest absolute Gasteiger partial charge is 0.496 e. The van der Waals surface area contributed by atoms with Crippen molar-refractivity contribution in [3.8, 4) is 5.75 Å². The number of nitro benzene ring substituents is 1. The first-order valence-electron chi connectivity index (χ1n) is 7.52. The quantitative estimate of drug-likeness (QED) is 0.619. The van der Waals surface area contributed by atoms with Crippen LogP contribution in [0, 0.1) is 17.0 Å². The Bertz CT molecular complexity index is 773. The SMILES string of the molecule is COc1ccccc1[C@@H](C)N(C)C(=O)c1cccc(C)c1[N+](=O)[O-]. The number of carbonyl (C=O) groups is 1. The number of rotatable bonds is 5. The molecule has 2 aromatic carbocycles. The molecule has 0 heterocycles. The van der Waals surface area contributed by atoms with Gasteiger partial charge in [0, 0.05) is 18.2 Å². The summed E-state index contributed by atoms with van der Waals surface area (Å²) in [6.45, 7) is 3.48. The fourth-order valence-electron chi connectivity index (χ4n) is 2.66. The lowest BCUT2D eigenvalue weighted by atomic mass is 10.0. The van der Waals surface area contributed by atoms with Crippen molar-refractivity contribution in [3.05, 3.63) is 69.3 Å². The van der Waals surface area contributed by atoms with Gasteiger partial charge < -0.3 is 9.64 Å². The van der Waals surface area contributed by atoms with E-state index in [1.54, 1.807) is 33.2 Å². The maximum Gasteiger partial charge on any atom is 0.285 e. The average Bonchev–Trinajstić information content (AvgIpc) is 2.59. The van der Waals surface area contributed by atoms with Crippen LogP contribution in [0.1, 0.15) is 34.5 Å². The number of ether oxygens (including phenoxy) is 1. The van der Waals surface area contributed by atoms with Crippen LogP contribution < -0.4 is 4.74 Å². The summed E-state index contributed by atoms with van der Waals surface area (Å²) in [6, 6.07) is 11.9. The van der Waals surface area contributed by atoms with Crippen molar-refractivity contribution in [1.29, 1.82) is 0 Å². The summed E-state index contributed by atoms with van der Waals surface area (Å²) in [5.74, 6) is 0.271.